The van der Waals surface area contributed by atoms with Gasteiger partial charge in [0.1, 0.15) is 0 Å². The largest absolute Gasteiger partial charge is 0.394 e. The minimum Gasteiger partial charge on any atom is -0.394 e. The number of aliphatic hydroxyl groups is 1. The van der Waals surface area contributed by atoms with Crippen molar-refractivity contribution < 1.29 is 14.6 Å². The molecule has 0 aliphatic carbocycles. The topological polar surface area (TPSA) is 49.8 Å². The highest BCUT2D eigenvalue weighted by molar-refractivity contribution is 6.31. The third-order valence-electron chi connectivity index (χ3n) is 2.97. The summed E-state index contributed by atoms with van der Waals surface area (Å²) in [7, 11) is 1.87. The molecule has 4 nitrogen and oxygen atoms in total. The smallest absolute Gasteiger partial charge is 0.179 e. The summed E-state index contributed by atoms with van der Waals surface area (Å²) in [5.74, 6) is 0.0344. The first-order chi connectivity index (χ1) is 9.06. The number of benzene rings is 1. The Hall–Kier alpha value is -0.940. The highest BCUT2D eigenvalue weighted by Crippen LogP contribution is 2.14. The van der Waals surface area contributed by atoms with Gasteiger partial charge in [0.15, 0.2) is 5.78 Å². The summed E-state index contributed by atoms with van der Waals surface area (Å²) < 4.78 is 5.18. The molecule has 0 fully saturated rings. The first-order valence-corrected chi connectivity index (χ1v) is 6.62. The molecule has 1 atom stereocenters. The average molecular weight is 286 g/mol. The summed E-state index contributed by atoms with van der Waals surface area (Å²) in [5, 5.41) is 9.16. The SMILES string of the molecule is CC(C(=O)c1cccc(Cl)c1)N(C)CCOCCO. The molecule has 0 radical (unpaired) electrons. The monoisotopic (exact) mass is 285 g/mol. The van der Waals surface area contributed by atoms with E-state index in [-0.39, 0.29) is 18.4 Å². The highest BCUT2D eigenvalue weighted by atomic mass is 35.5. The van der Waals surface area contributed by atoms with Crippen molar-refractivity contribution in [2.24, 2.45) is 0 Å². The van der Waals surface area contributed by atoms with Crippen LogP contribution in [-0.4, -0.2) is 55.2 Å². The van der Waals surface area contributed by atoms with E-state index in [0.29, 0.717) is 30.3 Å². The van der Waals surface area contributed by atoms with Gasteiger partial charge >= 0.3 is 0 Å². The van der Waals surface area contributed by atoms with Crippen LogP contribution < -0.4 is 0 Å². The quantitative estimate of drug-likeness (QED) is 0.585. The van der Waals surface area contributed by atoms with Crippen molar-refractivity contribution in [1.82, 2.24) is 4.90 Å². The highest BCUT2D eigenvalue weighted by Gasteiger charge is 2.19. The number of halogens is 1. The van der Waals surface area contributed by atoms with E-state index in [0.717, 1.165) is 0 Å². The van der Waals surface area contributed by atoms with E-state index in [2.05, 4.69) is 0 Å². The van der Waals surface area contributed by atoms with Crippen molar-refractivity contribution in [2.75, 3.05) is 33.4 Å². The molecule has 0 spiro atoms. The molecule has 1 unspecified atom stereocenters. The number of nitrogens with zero attached hydrogens (tertiary/aromatic N) is 1. The first kappa shape index (κ1) is 16.1. The number of hydrogen-bond donors (Lipinski definition) is 1. The fourth-order valence-corrected chi connectivity index (χ4v) is 1.84. The number of aliphatic hydroxyl groups excluding tert-OH is 1. The van der Waals surface area contributed by atoms with Gasteiger partial charge in [-0.1, -0.05) is 23.7 Å². The summed E-state index contributed by atoms with van der Waals surface area (Å²) in [6, 6.07) is 6.72. The lowest BCUT2D eigenvalue weighted by Crippen LogP contribution is -2.38. The van der Waals surface area contributed by atoms with Gasteiger partial charge in [-0.15, -0.1) is 0 Å². The predicted octanol–water partition coefficient (Wildman–Crippen LogP) is 1.85. The first-order valence-electron chi connectivity index (χ1n) is 6.25. The normalized spacial score (nSPS) is 12.7. The number of likely N-dealkylation sites (N-methyl/N-ethyl adjacent to an activating group) is 1. The van der Waals surface area contributed by atoms with E-state index < -0.39 is 0 Å². The second-order valence-electron chi connectivity index (χ2n) is 4.37. The van der Waals surface area contributed by atoms with E-state index in [4.69, 9.17) is 21.4 Å². The van der Waals surface area contributed by atoms with Crippen molar-refractivity contribution in [3.8, 4) is 0 Å². The van der Waals surface area contributed by atoms with Gasteiger partial charge in [0.05, 0.1) is 25.9 Å². The third kappa shape index (κ3) is 5.28. The summed E-state index contributed by atoms with van der Waals surface area (Å²) in [5.41, 5.74) is 0.614. The molecule has 19 heavy (non-hydrogen) atoms. The molecule has 5 heteroatoms. The Balaban J connectivity index is 2.51. The van der Waals surface area contributed by atoms with Crippen LogP contribution >= 0.6 is 11.6 Å². The molecule has 0 bridgehead atoms. The zero-order chi connectivity index (χ0) is 14.3. The molecule has 0 saturated heterocycles. The lowest BCUT2D eigenvalue weighted by molar-refractivity contribution is 0.0650. The lowest BCUT2D eigenvalue weighted by Gasteiger charge is -2.23. The molecule has 1 N–H and O–H groups in total. The number of carbonyl (C=O) groups is 1. The second kappa shape index (κ2) is 8.27. The maximum absolute atomic E-state index is 12.2. The minimum atomic E-state index is -0.240. The Labute approximate surface area is 118 Å². The van der Waals surface area contributed by atoms with Crippen molar-refractivity contribution >= 4 is 17.4 Å². The number of hydrogen-bond acceptors (Lipinski definition) is 4. The van der Waals surface area contributed by atoms with Crippen molar-refractivity contribution in [1.29, 1.82) is 0 Å². The fraction of sp³-hybridized carbons (Fsp3) is 0.500. The Bertz CT molecular complexity index is 411. The van der Waals surface area contributed by atoms with E-state index in [1.54, 1.807) is 24.3 Å². The Kier molecular flexibility index (Phi) is 7.02. The van der Waals surface area contributed by atoms with Gasteiger partial charge in [0, 0.05) is 17.1 Å². The number of ketones is 1. The van der Waals surface area contributed by atoms with Crippen LogP contribution in [0, 0.1) is 0 Å². The summed E-state index contributed by atoms with van der Waals surface area (Å²) in [6.07, 6.45) is 0. The Morgan fingerprint density at radius 2 is 2.21 bits per heavy atom. The maximum atomic E-state index is 12.2. The van der Waals surface area contributed by atoms with Gasteiger partial charge in [0.2, 0.25) is 0 Å². The summed E-state index contributed by atoms with van der Waals surface area (Å²) >= 11 is 5.88. The number of carbonyl (C=O) groups excluding carboxylic acids is 1. The van der Waals surface area contributed by atoms with Crippen molar-refractivity contribution in [3.63, 3.8) is 0 Å². The number of Topliss-reactive ketones (excluding diaryl/α,β-unsaturated/α-hetero) is 1. The van der Waals surface area contributed by atoms with E-state index >= 15 is 0 Å². The van der Waals surface area contributed by atoms with Gasteiger partial charge in [0.25, 0.3) is 0 Å². The van der Waals surface area contributed by atoms with E-state index in [1.165, 1.54) is 0 Å². The summed E-state index contributed by atoms with van der Waals surface area (Å²) in [6.45, 7) is 3.32. The molecule has 0 aliphatic rings. The van der Waals surface area contributed by atoms with Gasteiger partial charge in [-0.25, -0.2) is 0 Å². The Morgan fingerprint density at radius 1 is 1.47 bits per heavy atom. The zero-order valence-electron chi connectivity index (χ0n) is 11.3. The van der Waals surface area contributed by atoms with Crippen LogP contribution in [-0.2, 0) is 4.74 Å². The molecule has 0 aromatic heterocycles. The molecule has 106 valence electrons. The minimum absolute atomic E-state index is 0.0146. The number of rotatable bonds is 8. The van der Waals surface area contributed by atoms with Crippen LogP contribution in [0.5, 0.6) is 0 Å². The van der Waals surface area contributed by atoms with E-state index in [9.17, 15) is 4.79 Å². The molecule has 1 rings (SSSR count). The predicted molar refractivity (Wildman–Crippen MR) is 75.8 cm³/mol. The van der Waals surface area contributed by atoms with Crippen LogP contribution in [0.2, 0.25) is 5.02 Å². The van der Waals surface area contributed by atoms with Crippen LogP contribution in [0.4, 0.5) is 0 Å². The van der Waals surface area contributed by atoms with Gasteiger partial charge in [-0.2, -0.15) is 0 Å². The second-order valence-corrected chi connectivity index (χ2v) is 4.80. The molecular weight excluding hydrogens is 266 g/mol. The standard InChI is InChI=1S/C14H20ClNO3/c1-11(16(2)6-8-19-9-7-17)14(18)12-4-3-5-13(15)10-12/h3-5,10-11,17H,6-9H2,1-2H3. The molecule has 0 saturated carbocycles. The van der Waals surface area contributed by atoms with Crippen molar-refractivity contribution in [2.45, 2.75) is 13.0 Å². The molecule has 1 aromatic carbocycles. The van der Waals surface area contributed by atoms with Crippen LogP contribution in [0.15, 0.2) is 24.3 Å². The zero-order valence-corrected chi connectivity index (χ0v) is 12.1. The third-order valence-corrected chi connectivity index (χ3v) is 3.21. The molecule has 0 amide bonds. The molecule has 0 aliphatic heterocycles. The number of ether oxygens (including phenoxy) is 1. The molecule has 0 heterocycles. The van der Waals surface area contributed by atoms with E-state index in [1.807, 2.05) is 18.9 Å². The van der Waals surface area contributed by atoms with Gasteiger partial charge in [-0.3, -0.25) is 9.69 Å². The van der Waals surface area contributed by atoms with Crippen LogP contribution in [0.1, 0.15) is 17.3 Å². The molecule has 1 aromatic rings. The van der Waals surface area contributed by atoms with Crippen LogP contribution in [0.3, 0.4) is 0 Å². The lowest BCUT2D eigenvalue weighted by atomic mass is 10.0. The van der Waals surface area contributed by atoms with Gasteiger partial charge < -0.3 is 9.84 Å². The summed E-state index contributed by atoms with van der Waals surface area (Å²) in [4.78, 5) is 14.2. The van der Waals surface area contributed by atoms with Gasteiger partial charge in [-0.05, 0) is 26.1 Å². The van der Waals surface area contributed by atoms with Crippen molar-refractivity contribution in [3.05, 3.63) is 34.9 Å². The van der Waals surface area contributed by atoms with Crippen LogP contribution in [0.25, 0.3) is 0 Å². The fourth-order valence-electron chi connectivity index (χ4n) is 1.65. The average Bonchev–Trinajstić information content (AvgIpc) is 2.41. The Morgan fingerprint density at radius 3 is 2.84 bits per heavy atom. The molecular formula is C14H20ClNO3. The maximum Gasteiger partial charge on any atom is 0.179 e.